The number of nitrogens with one attached hydrogen (secondary N) is 1. The van der Waals surface area contributed by atoms with Crippen molar-refractivity contribution in [1.82, 2.24) is 15.1 Å². The second kappa shape index (κ2) is 10.5. The van der Waals surface area contributed by atoms with Gasteiger partial charge in [-0.25, -0.2) is 0 Å². The Bertz CT molecular complexity index is 958. The van der Waals surface area contributed by atoms with E-state index in [4.69, 9.17) is 26.8 Å². The molecule has 3 N–H and O–H groups in total. The maximum absolute atomic E-state index is 6.09. The summed E-state index contributed by atoms with van der Waals surface area (Å²) in [6.07, 6.45) is 4.43. The Morgan fingerprint density at radius 2 is 1.93 bits per heavy atom. The molecule has 0 aliphatic heterocycles. The van der Waals surface area contributed by atoms with E-state index in [1.54, 1.807) is 20.4 Å². The summed E-state index contributed by atoms with van der Waals surface area (Å²) in [5, 5.41) is 8.21. The van der Waals surface area contributed by atoms with Crippen molar-refractivity contribution in [3.8, 4) is 11.5 Å². The van der Waals surface area contributed by atoms with E-state index in [0.29, 0.717) is 35.6 Å². The van der Waals surface area contributed by atoms with Gasteiger partial charge >= 0.3 is 0 Å². The standard InChI is InChI=1S/C22H26ClN5O2/c1-29-20-9-4-16(14-21(20)30-2)10-12-25-22(24)26-15-19(28-13-3-11-27-28)17-5-7-18(23)8-6-17/h3-9,11,13-14,19H,10,12,15H2,1-2H3,(H3,24,25,26). The zero-order valence-corrected chi connectivity index (χ0v) is 17.8. The van der Waals surface area contributed by atoms with Crippen molar-refractivity contribution in [2.45, 2.75) is 12.5 Å². The molecule has 1 atom stereocenters. The van der Waals surface area contributed by atoms with E-state index in [1.165, 1.54) is 0 Å². The zero-order chi connectivity index (χ0) is 21.3. The van der Waals surface area contributed by atoms with Crippen LogP contribution in [0, 0.1) is 0 Å². The molecule has 7 nitrogen and oxygen atoms in total. The van der Waals surface area contributed by atoms with Crippen LogP contribution in [0.5, 0.6) is 11.5 Å². The first kappa shape index (κ1) is 21.5. The Morgan fingerprint density at radius 1 is 1.17 bits per heavy atom. The van der Waals surface area contributed by atoms with Crippen molar-refractivity contribution in [3.63, 3.8) is 0 Å². The van der Waals surface area contributed by atoms with Crippen molar-refractivity contribution >= 4 is 17.6 Å². The lowest BCUT2D eigenvalue weighted by molar-refractivity contribution is 0.354. The molecule has 3 aromatic rings. The Labute approximate surface area is 181 Å². The van der Waals surface area contributed by atoms with Crippen LogP contribution in [0.4, 0.5) is 0 Å². The lowest BCUT2D eigenvalue weighted by Crippen LogP contribution is -2.34. The lowest BCUT2D eigenvalue weighted by Gasteiger charge is -2.17. The number of hydrogen-bond acceptors (Lipinski definition) is 4. The molecule has 0 saturated carbocycles. The maximum Gasteiger partial charge on any atom is 0.188 e. The van der Waals surface area contributed by atoms with E-state index in [-0.39, 0.29) is 6.04 Å². The summed E-state index contributed by atoms with van der Waals surface area (Å²) >= 11 is 6.02. The molecule has 1 heterocycles. The summed E-state index contributed by atoms with van der Waals surface area (Å²) in [5.41, 5.74) is 8.26. The van der Waals surface area contributed by atoms with Gasteiger partial charge in [0.25, 0.3) is 0 Å². The number of nitrogens with zero attached hydrogens (tertiary/aromatic N) is 3. The van der Waals surface area contributed by atoms with Crippen LogP contribution in [0.3, 0.4) is 0 Å². The predicted octanol–water partition coefficient (Wildman–Crippen LogP) is 3.29. The topological polar surface area (TPSA) is 86.7 Å². The van der Waals surface area contributed by atoms with Crippen LogP contribution in [-0.2, 0) is 6.42 Å². The van der Waals surface area contributed by atoms with Crippen LogP contribution in [-0.4, -0.2) is 43.0 Å². The summed E-state index contributed by atoms with van der Waals surface area (Å²) < 4.78 is 12.5. The third-order valence-electron chi connectivity index (χ3n) is 4.70. The van der Waals surface area contributed by atoms with Gasteiger partial charge in [0.15, 0.2) is 17.5 Å². The van der Waals surface area contributed by atoms with Crippen LogP contribution < -0.4 is 20.5 Å². The number of ether oxygens (including phenoxy) is 2. The lowest BCUT2D eigenvalue weighted by atomic mass is 10.1. The Kier molecular flexibility index (Phi) is 7.57. The minimum Gasteiger partial charge on any atom is -0.493 e. The summed E-state index contributed by atoms with van der Waals surface area (Å²) in [5.74, 6) is 1.81. The van der Waals surface area contributed by atoms with Gasteiger partial charge in [0.05, 0.1) is 26.8 Å². The number of guanidine groups is 1. The summed E-state index contributed by atoms with van der Waals surface area (Å²) in [6.45, 7) is 1.11. The molecule has 0 fully saturated rings. The SMILES string of the molecule is COc1ccc(CCNC(N)=NCC(c2ccc(Cl)cc2)n2cccn2)cc1OC. The third-order valence-corrected chi connectivity index (χ3v) is 4.95. The van der Waals surface area contributed by atoms with Gasteiger partial charge in [-0.1, -0.05) is 29.8 Å². The molecule has 158 valence electrons. The van der Waals surface area contributed by atoms with Crippen LogP contribution in [0.1, 0.15) is 17.2 Å². The van der Waals surface area contributed by atoms with Gasteiger partial charge in [-0.2, -0.15) is 5.10 Å². The van der Waals surface area contributed by atoms with Gasteiger partial charge in [-0.05, 0) is 47.9 Å². The number of halogens is 1. The fraction of sp³-hybridized carbons (Fsp3) is 0.273. The molecule has 0 aliphatic rings. The van der Waals surface area contributed by atoms with Crippen molar-refractivity contribution in [2.24, 2.45) is 10.7 Å². The number of benzene rings is 2. The summed E-state index contributed by atoms with van der Waals surface area (Å²) in [4.78, 5) is 4.52. The van der Waals surface area contributed by atoms with Crippen molar-refractivity contribution < 1.29 is 9.47 Å². The van der Waals surface area contributed by atoms with Crippen molar-refractivity contribution in [2.75, 3.05) is 27.3 Å². The largest absolute Gasteiger partial charge is 0.493 e. The number of methoxy groups -OCH3 is 2. The first-order chi connectivity index (χ1) is 14.6. The first-order valence-electron chi connectivity index (χ1n) is 9.60. The Hall–Kier alpha value is -3.19. The Morgan fingerprint density at radius 3 is 2.60 bits per heavy atom. The smallest absolute Gasteiger partial charge is 0.188 e. The summed E-state index contributed by atoms with van der Waals surface area (Å²) in [7, 11) is 3.25. The molecular weight excluding hydrogens is 402 g/mol. The third kappa shape index (κ3) is 5.67. The highest BCUT2D eigenvalue weighted by Crippen LogP contribution is 2.27. The first-order valence-corrected chi connectivity index (χ1v) is 9.97. The molecule has 1 unspecified atom stereocenters. The molecule has 2 aromatic carbocycles. The van der Waals surface area contributed by atoms with Crippen LogP contribution >= 0.6 is 11.6 Å². The molecule has 0 bridgehead atoms. The van der Waals surface area contributed by atoms with E-state index in [1.807, 2.05) is 59.4 Å². The van der Waals surface area contributed by atoms with Crippen molar-refractivity contribution in [1.29, 1.82) is 0 Å². The molecular formula is C22H26ClN5O2. The predicted molar refractivity (Wildman–Crippen MR) is 120 cm³/mol. The van der Waals surface area contributed by atoms with Gasteiger partial charge in [0.2, 0.25) is 0 Å². The van der Waals surface area contributed by atoms with Gasteiger partial charge in [0, 0.05) is 24.0 Å². The van der Waals surface area contributed by atoms with E-state index in [0.717, 1.165) is 17.5 Å². The van der Waals surface area contributed by atoms with Gasteiger partial charge < -0.3 is 20.5 Å². The minimum absolute atomic E-state index is 0.0662. The quantitative estimate of drug-likeness (QED) is 0.404. The average molecular weight is 428 g/mol. The summed E-state index contributed by atoms with van der Waals surface area (Å²) in [6, 6.07) is 15.4. The molecule has 1 aromatic heterocycles. The zero-order valence-electron chi connectivity index (χ0n) is 17.1. The average Bonchev–Trinajstić information content (AvgIpc) is 3.29. The van der Waals surface area contributed by atoms with E-state index in [9.17, 15) is 0 Å². The number of aliphatic imine (C=N–C) groups is 1. The molecule has 3 rings (SSSR count). The molecule has 0 spiro atoms. The van der Waals surface area contributed by atoms with Gasteiger partial charge in [-0.15, -0.1) is 0 Å². The maximum atomic E-state index is 6.09. The number of hydrogen-bond donors (Lipinski definition) is 2. The van der Waals surface area contributed by atoms with E-state index < -0.39 is 0 Å². The Balaban J connectivity index is 1.59. The second-order valence-electron chi connectivity index (χ2n) is 6.65. The molecule has 0 aliphatic carbocycles. The monoisotopic (exact) mass is 427 g/mol. The van der Waals surface area contributed by atoms with Crippen LogP contribution in [0.15, 0.2) is 65.9 Å². The fourth-order valence-electron chi connectivity index (χ4n) is 3.10. The number of rotatable bonds is 9. The number of nitrogens with two attached hydrogens (primary N) is 1. The molecule has 30 heavy (non-hydrogen) atoms. The molecule has 0 amide bonds. The second-order valence-corrected chi connectivity index (χ2v) is 7.08. The highest BCUT2D eigenvalue weighted by Gasteiger charge is 2.14. The van der Waals surface area contributed by atoms with Gasteiger partial charge in [0.1, 0.15) is 0 Å². The highest BCUT2D eigenvalue weighted by atomic mass is 35.5. The van der Waals surface area contributed by atoms with E-state index >= 15 is 0 Å². The highest BCUT2D eigenvalue weighted by molar-refractivity contribution is 6.30. The van der Waals surface area contributed by atoms with E-state index in [2.05, 4.69) is 15.4 Å². The minimum atomic E-state index is -0.0662. The van der Waals surface area contributed by atoms with Crippen LogP contribution in [0.25, 0.3) is 0 Å². The van der Waals surface area contributed by atoms with Gasteiger partial charge in [-0.3, -0.25) is 9.67 Å². The molecule has 0 saturated heterocycles. The molecule has 0 radical (unpaired) electrons. The fourth-order valence-corrected chi connectivity index (χ4v) is 3.23. The normalized spacial score (nSPS) is 12.4. The number of aromatic nitrogens is 2. The van der Waals surface area contributed by atoms with Crippen LogP contribution in [0.2, 0.25) is 5.02 Å². The molecule has 8 heteroatoms. The van der Waals surface area contributed by atoms with Crippen molar-refractivity contribution in [3.05, 3.63) is 77.1 Å².